The Hall–Kier alpha value is -0.0800. The van der Waals surface area contributed by atoms with Crippen LogP contribution in [0.3, 0.4) is 0 Å². The molecule has 1 heterocycles. The molecule has 1 saturated heterocycles. The number of hydrogen-bond acceptors (Lipinski definition) is 2. The van der Waals surface area contributed by atoms with Gasteiger partial charge in [0.1, 0.15) is 0 Å². The summed E-state index contributed by atoms with van der Waals surface area (Å²) in [5, 5.41) is 0. The Kier molecular flexibility index (Phi) is 21.7. The monoisotopic (exact) mass is 494 g/mol. The van der Waals surface area contributed by atoms with Crippen molar-refractivity contribution in [2.45, 2.75) is 182 Å². The summed E-state index contributed by atoms with van der Waals surface area (Å²) in [6.07, 6.45) is 30.1. The van der Waals surface area contributed by atoms with Crippen molar-refractivity contribution in [1.29, 1.82) is 0 Å². The third-order valence-electron chi connectivity index (χ3n) is 8.57. The number of ether oxygens (including phenoxy) is 1. The maximum absolute atomic E-state index is 6.59. The Morgan fingerprint density at radius 2 is 1.06 bits per heavy atom. The van der Waals surface area contributed by atoms with Gasteiger partial charge in [-0.15, -0.1) is 0 Å². The van der Waals surface area contributed by atoms with Gasteiger partial charge < -0.3 is 9.64 Å². The van der Waals surface area contributed by atoms with Crippen LogP contribution in [0.1, 0.15) is 169 Å². The minimum atomic E-state index is 0.437. The van der Waals surface area contributed by atoms with E-state index in [1.807, 2.05) is 0 Å². The molecule has 0 spiro atoms. The van der Waals surface area contributed by atoms with Gasteiger partial charge >= 0.3 is 0 Å². The van der Waals surface area contributed by atoms with Gasteiger partial charge in [-0.25, -0.2) is 0 Å². The Morgan fingerprint density at radius 1 is 0.571 bits per heavy atom. The highest BCUT2D eigenvalue weighted by Crippen LogP contribution is 2.26. The van der Waals surface area contributed by atoms with Gasteiger partial charge in [0.2, 0.25) is 0 Å². The highest BCUT2D eigenvalue weighted by molar-refractivity contribution is 4.76. The summed E-state index contributed by atoms with van der Waals surface area (Å²) in [5.74, 6) is 1.86. The summed E-state index contributed by atoms with van der Waals surface area (Å²) in [6, 6.07) is 0. The summed E-state index contributed by atoms with van der Waals surface area (Å²) >= 11 is 0. The number of likely N-dealkylation sites (tertiary alicyclic amines) is 1. The van der Waals surface area contributed by atoms with Gasteiger partial charge in [-0.3, -0.25) is 0 Å². The second kappa shape index (κ2) is 23.1. The van der Waals surface area contributed by atoms with E-state index in [0.29, 0.717) is 12.2 Å². The highest BCUT2D eigenvalue weighted by Gasteiger charge is 2.23. The van der Waals surface area contributed by atoms with E-state index in [4.69, 9.17) is 4.74 Å². The Balaban J connectivity index is 2.31. The van der Waals surface area contributed by atoms with Crippen LogP contribution in [-0.4, -0.2) is 36.7 Å². The summed E-state index contributed by atoms with van der Waals surface area (Å²) in [6.45, 7) is 15.5. The van der Waals surface area contributed by atoms with Crippen molar-refractivity contribution in [2.75, 3.05) is 19.6 Å². The summed E-state index contributed by atoms with van der Waals surface area (Å²) in [5.41, 5.74) is 0. The van der Waals surface area contributed by atoms with Crippen LogP contribution in [0, 0.1) is 11.8 Å². The van der Waals surface area contributed by atoms with Crippen molar-refractivity contribution >= 4 is 0 Å². The fourth-order valence-corrected chi connectivity index (χ4v) is 6.12. The minimum Gasteiger partial charge on any atom is -0.375 e. The molecule has 1 aliphatic rings. The van der Waals surface area contributed by atoms with Crippen molar-refractivity contribution in [3.63, 3.8) is 0 Å². The van der Waals surface area contributed by atoms with Gasteiger partial charge in [0.25, 0.3) is 0 Å². The second-order valence-corrected chi connectivity index (χ2v) is 12.1. The number of hydrogen-bond donors (Lipinski definition) is 0. The maximum Gasteiger partial charge on any atom is 0.0603 e. The molecule has 1 aliphatic heterocycles. The molecule has 2 nitrogen and oxygen atoms in total. The molecule has 0 saturated carbocycles. The molecule has 0 aliphatic carbocycles. The van der Waals surface area contributed by atoms with Gasteiger partial charge in [-0.1, -0.05) is 124 Å². The molecule has 0 aromatic rings. The normalized spacial score (nSPS) is 18.1. The molecule has 35 heavy (non-hydrogen) atoms. The van der Waals surface area contributed by atoms with Crippen molar-refractivity contribution < 1.29 is 4.74 Å². The van der Waals surface area contributed by atoms with E-state index >= 15 is 0 Å². The third kappa shape index (κ3) is 17.9. The lowest BCUT2D eigenvalue weighted by Gasteiger charge is -2.35. The highest BCUT2D eigenvalue weighted by atomic mass is 16.5. The molecule has 0 radical (unpaired) electrons. The molecular weight excluding hydrogens is 426 g/mol. The number of nitrogens with zero attached hydrogens (tertiary/aromatic N) is 1. The van der Waals surface area contributed by atoms with Crippen LogP contribution in [-0.2, 0) is 4.74 Å². The molecule has 0 bridgehead atoms. The molecule has 1 rings (SSSR count). The Labute approximate surface area is 222 Å². The van der Waals surface area contributed by atoms with E-state index < -0.39 is 0 Å². The lowest BCUT2D eigenvalue weighted by Crippen LogP contribution is -2.40. The minimum absolute atomic E-state index is 0.437. The van der Waals surface area contributed by atoms with Crippen molar-refractivity contribution in [3.8, 4) is 0 Å². The molecular formula is C33H67NO. The third-order valence-corrected chi connectivity index (χ3v) is 8.57. The lowest BCUT2D eigenvalue weighted by atomic mass is 9.90. The van der Waals surface area contributed by atoms with Crippen LogP contribution in [0.25, 0.3) is 0 Å². The number of piperidine rings is 1. The molecule has 0 amide bonds. The average molecular weight is 494 g/mol. The van der Waals surface area contributed by atoms with Gasteiger partial charge in [-0.2, -0.15) is 0 Å². The first-order chi connectivity index (χ1) is 17.1. The largest absolute Gasteiger partial charge is 0.375 e. The van der Waals surface area contributed by atoms with Crippen molar-refractivity contribution in [2.24, 2.45) is 11.8 Å². The fraction of sp³-hybridized carbons (Fsp3) is 1.00. The van der Waals surface area contributed by atoms with Crippen LogP contribution < -0.4 is 0 Å². The Morgan fingerprint density at radius 3 is 1.63 bits per heavy atom. The number of rotatable bonds is 24. The van der Waals surface area contributed by atoms with Gasteiger partial charge in [-0.05, 0) is 57.3 Å². The molecule has 1 fully saturated rings. The first-order valence-electron chi connectivity index (χ1n) is 16.5. The summed E-state index contributed by atoms with van der Waals surface area (Å²) in [7, 11) is 0. The molecule has 0 aromatic heterocycles. The zero-order valence-electron chi connectivity index (χ0n) is 25.1. The quantitative estimate of drug-likeness (QED) is 0.124. The van der Waals surface area contributed by atoms with Gasteiger partial charge in [0.05, 0.1) is 12.2 Å². The van der Waals surface area contributed by atoms with E-state index in [1.54, 1.807) is 0 Å². The molecule has 0 N–H and O–H groups in total. The first kappa shape index (κ1) is 32.9. The van der Waals surface area contributed by atoms with E-state index in [0.717, 1.165) is 11.8 Å². The second-order valence-electron chi connectivity index (χ2n) is 12.1. The predicted molar refractivity (Wildman–Crippen MR) is 157 cm³/mol. The van der Waals surface area contributed by atoms with Crippen LogP contribution >= 0.6 is 0 Å². The van der Waals surface area contributed by atoms with Crippen LogP contribution in [0.4, 0.5) is 0 Å². The molecule has 3 atom stereocenters. The Bertz CT molecular complexity index is 431. The summed E-state index contributed by atoms with van der Waals surface area (Å²) < 4.78 is 6.59. The standard InChI is InChI=1S/C33H67NO/c1-6-10-14-17-21-31(20-16-12-8-3)24-23-30(5)35-33-25-27-34(28-26-33)29-32(19-13-9-4)22-18-15-11-7-2/h30-33H,6-29H2,1-5H3/t30-,31?,32?/m1/s1. The van der Waals surface area contributed by atoms with E-state index in [-0.39, 0.29) is 0 Å². The summed E-state index contributed by atoms with van der Waals surface area (Å²) in [4.78, 5) is 2.77. The zero-order valence-corrected chi connectivity index (χ0v) is 25.1. The van der Waals surface area contributed by atoms with Crippen molar-refractivity contribution in [1.82, 2.24) is 4.90 Å². The lowest BCUT2D eigenvalue weighted by molar-refractivity contribution is -0.0415. The zero-order chi connectivity index (χ0) is 25.6. The average Bonchev–Trinajstić information content (AvgIpc) is 2.86. The van der Waals surface area contributed by atoms with Gasteiger partial charge in [0, 0.05) is 19.6 Å². The van der Waals surface area contributed by atoms with E-state index in [1.165, 1.54) is 154 Å². The first-order valence-corrected chi connectivity index (χ1v) is 16.5. The van der Waals surface area contributed by atoms with Gasteiger partial charge in [0.15, 0.2) is 0 Å². The van der Waals surface area contributed by atoms with Crippen molar-refractivity contribution in [3.05, 3.63) is 0 Å². The van der Waals surface area contributed by atoms with Crippen LogP contribution in [0.15, 0.2) is 0 Å². The molecule has 2 heteroatoms. The molecule has 0 aromatic carbocycles. The predicted octanol–water partition coefficient (Wildman–Crippen LogP) is 10.6. The topological polar surface area (TPSA) is 12.5 Å². The maximum atomic E-state index is 6.59. The smallest absolute Gasteiger partial charge is 0.0603 e. The SMILES string of the molecule is CCCCCCC(CCCCC)CC[C@@H](C)OC1CCN(CC(CCCC)CCCCCC)CC1. The van der Waals surface area contributed by atoms with E-state index in [2.05, 4.69) is 39.5 Å². The molecule has 2 unspecified atom stereocenters. The van der Waals surface area contributed by atoms with E-state index in [9.17, 15) is 0 Å². The fourth-order valence-electron chi connectivity index (χ4n) is 6.12. The molecule has 210 valence electrons. The number of unbranched alkanes of at least 4 members (excludes halogenated alkanes) is 9. The van der Waals surface area contributed by atoms with Crippen LogP contribution in [0.5, 0.6) is 0 Å². The van der Waals surface area contributed by atoms with Crippen LogP contribution in [0.2, 0.25) is 0 Å².